The van der Waals surface area contributed by atoms with Crippen molar-refractivity contribution in [3.05, 3.63) is 24.2 Å². The van der Waals surface area contributed by atoms with Gasteiger partial charge in [-0.15, -0.1) is 0 Å². The highest BCUT2D eigenvalue weighted by Gasteiger charge is 2.50. The summed E-state index contributed by atoms with van der Waals surface area (Å²) in [5.74, 6) is 0.102. The van der Waals surface area contributed by atoms with Crippen LogP contribution in [0.1, 0.15) is 12.7 Å². The van der Waals surface area contributed by atoms with Crippen molar-refractivity contribution in [2.45, 2.75) is 12.5 Å². The van der Waals surface area contributed by atoms with E-state index in [0.717, 1.165) is 4.90 Å². The Balaban J connectivity index is 2.23. The Labute approximate surface area is 98.5 Å². The second kappa shape index (κ2) is 4.21. The fourth-order valence-corrected chi connectivity index (χ4v) is 1.81. The lowest BCUT2D eigenvalue weighted by Gasteiger charge is -2.18. The number of hydrogen-bond acceptors (Lipinski definition) is 4. The molecule has 1 saturated heterocycles. The maximum absolute atomic E-state index is 12.2. The summed E-state index contributed by atoms with van der Waals surface area (Å²) in [6.07, 6.45) is 1.47. The molecule has 1 atom stereocenters. The van der Waals surface area contributed by atoms with Gasteiger partial charge in [0.25, 0.3) is 5.91 Å². The molecule has 2 rings (SSSR count). The molecule has 92 valence electrons. The predicted octanol–water partition coefficient (Wildman–Crippen LogP) is 0.693. The molecule has 1 aliphatic rings. The molecule has 0 aromatic carbocycles. The number of carbonyl (C=O) groups is 2. The summed E-state index contributed by atoms with van der Waals surface area (Å²) in [6.45, 7) is 2.17. The Morgan fingerprint density at radius 2 is 2.29 bits per heavy atom. The van der Waals surface area contributed by atoms with E-state index in [2.05, 4.69) is 5.32 Å². The van der Waals surface area contributed by atoms with Crippen LogP contribution in [0, 0.1) is 0 Å². The third-order valence-electron chi connectivity index (χ3n) is 2.81. The maximum Gasteiger partial charge on any atom is 0.325 e. The van der Waals surface area contributed by atoms with E-state index < -0.39 is 11.6 Å². The van der Waals surface area contributed by atoms with Crippen LogP contribution >= 0.6 is 0 Å². The molecule has 0 aliphatic carbocycles. The first-order valence-corrected chi connectivity index (χ1v) is 5.26. The van der Waals surface area contributed by atoms with Crippen LogP contribution in [0.4, 0.5) is 4.79 Å². The highest BCUT2D eigenvalue weighted by atomic mass is 16.5. The SMILES string of the molecule is COCCN1C(=O)N[C@](C)(c2ccco2)C1=O. The molecule has 0 unspecified atom stereocenters. The van der Waals surface area contributed by atoms with Gasteiger partial charge in [-0.2, -0.15) is 0 Å². The molecule has 1 aromatic heterocycles. The Morgan fingerprint density at radius 3 is 2.88 bits per heavy atom. The van der Waals surface area contributed by atoms with E-state index in [-0.39, 0.29) is 12.5 Å². The van der Waals surface area contributed by atoms with Crippen molar-refractivity contribution in [1.29, 1.82) is 0 Å². The second-order valence-corrected chi connectivity index (χ2v) is 3.98. The smallest absolute Gasteiger partial charge is 0.325 e. The summed E-state index contributed by atoms with van der Waals surface area (Å²) in [5.41, 5.74) is -1.12. The lowest BCUT2D eigenvalue weighted by Crippen LogP contribution is -2.40. The van der Waals surface area contributed by atoms with E-state index in [1.165, 1.54) is 13.4 Å². The Kier molecular flexibility index (Phi) is 2.89. The van der Waals surface area contributed by atoms with Crippen molar-refractivity contribution in [2.24, 2.45) is 0 Å². The van der Waals surface area contributed by atoms with Crippen molar-refractivity contribution in [1.82, 2.24) is 10.2 Å². The molecule has 0 bridgehead atoms. The average molecular weight is 238 g/mol. The van der Waals surface area contributed by atoms with Crippen LogP contribution in [0.15, 0.2) is 22.8 Å². The Hall–Kier alpha value is -1.82. The summed E-state index contributed by atoms with van der Waals surface area (Å²) >= 11 is 0. The van der Waals surface area contributed by atoms with E-state index in [9.17, 15) is 9.59 Å². The zero-order valence-electron chi connectivity index (χ0n) is 9.73. The van der Waals surface area contributed by atoms with Crippen molar-refractivity contribution >= 4 is 11.9 Å². The number of furan rings is 1. The zero-order chi connectivity index (χ0) is 12.5. The molecule has 1 aromatic rings. The molecule has 1 aliphatic heterocycles. The van der Waals surface area contributed by atoms with Crippen LogP contribution in [0.5, 0.6) is 0 Å². The number of nitrogens with one attached hydrogen (secondary N) is 1. The molecule has 0 saturated carbocycles. The van der Waals surface area contributed by atoms with Gasteiger partial charge in [-0.3, -0.25) is 9.69 Å². The number of methoxy groups -OCH3 is 1. The topological polar surface area (TPSA) is 71.8 Å². The van der Waals surface area contributed by atoms with Crippen LogP contribution in [0.3, 0.4) is 0 Å². The minimum atomic E-state index is -1.12. The van der Waals surface area contributed by atoms with Gasteiger partial charge in [0, 0.05) is 7.11 Å². The average Bonchev–Trinajstić information content (AvgIpc) is 2.88. The number of hydrogen-bond donors (Lipinski definition) is 1. The molecule has 2 heterocycles. The number of imide groups is 1. The van der Waals surface area contributed by atoms with E-state index in [0.29, 0.717) is 12.4 Å². The van der Waals surface area contributed by atoms with Crippen LogP contribution in [-0.4, -0.2) is 37.1 Å². The van der Waals surface area contributed by atoms with E-state index in [4.69, 9.17) is 9.15 Å². The van der Waals surface area contributed by atoms with Crippen molar-refractivity contribution in [3.63, 3.8) is 0 Å². The van der Waals surface area contributed by atoms with Crippen LogP contribution in [0.2, 0.25) is 0 Å². The lowest BCUT2D eigenvalue weighted by atomic mass is 9.99. The highest BCUT2D eigenvalue weighted by molar-refractivity contribution is 6.06. The van der Waals surface area contributed by atoms with Crippen molar-refractivity contribution in [2.75, 3.05) is 20.3 Å². The molecule has 6 heteroatoms. The first-order valence-electron chi connectivity index (χ1n) is 5.26. The molecule has 0 spiro atoms. The van der Waals surface area contributed by atoms with E-state index in [1.54, 1.807) is 19.1 Å². The number of amides is 3. The van der Waals surface area contributed by atoms with Crippen LogP contribution in [-0.2, 0) is 15.1 Å². The Bertz CT molecular complexity index is 429. The third kappa shape index (κ3) is 1.80. The summed E-state index contributed by atoms with van der Waals surface area (Å²) in [6, 6.07) is 2.92. The molecular weight excluding hydrogens is 224 g/mol. The largest absolute Gasteiger partial charge is 0.466 e. The van der Waals surface area contributed by atoms with Gasteiger partial charge in [-0.05, 0) is 19.1 Å². The quantitative estimate of drug-likeness (QED) is 0.783. The minimum Gasteiger partial charge on any atom is -0.466 e. The number of ether oxygens (including phenoxy) is 1. The van der Waals surface area contributed by atoms with E-state index in [1.807, 2.05) is 0 Å². The Morgan fingerprint density at radius 1 is 1.53 bits per heavy atom. The summed E-state index contributed by atoms with van der Waals surface area (Å²) in [7, 11) is 1.52. The number of nitrogens with zero attached hydrogens (tertiary/aromatic N) is 1. The first kappa shape index (κ1) is 11.7. The lowest BCUT2D eigenvalue weighted by molar-refractivity contribution is -0.132. The van der Waals surface area contributed by atoms with Crippen molar-refractivity contribution in [3.8, 4) is 0 Å². The molecule has 17 heavy (non-hydrogen) atoms. The van der Waals surface area contributed by atoms with Crippen LogP contribution < -0.4 is 5.32 Å². The standard InChI is InChI=1S/C11H14N2O4/c1-11(8-4-3-6-17-8)9(14)13(5-7-16-2)10(15)12-11/h3-4,6H,5,7H2,1-2H3,(H,12,15)/t11-/m1/s1. The van der Waals surface area contributed by atoms with Gasteiger partial charge in [0.15, 0.2) is 5.54 Å². The van der Waals surface area contributed by atoms with Gasteiger partial charge in [0.1, 0.15) is 5.76 Å². The monoisotopic (exact) mass is 238 g/mol. The van der Waals surface area contributed by atoms with Gasteiger partial charge < -0.3 is 14.5 Å². The first-order chi connectivity index (χ1) is 8.09. The summed E-state index contributed by atoms with van der Waals surface area (Å²) in [4.78, 5) is 25.0. The molecule has 1 N–H and O–H groups in total. The summed E-state index contributed by atoms with van der Waals surface area (Å²) in [5, 5.41) is 2.63. The highest BCUT2D eigenvalue weighted by Crippen LogP contribution is 2.28. The molecule has 6 nitrogen and oxygen atoms in total. The fourth-order valence-electron chi connectivity index (χ4n) is 1.81. The fraction of sp³-hybridized carbons (Fsp3) is 0.455. The van der Waals surface area contributed by atoms with Gasteiger partial charge >= 0.3 is 6.03 Å². The second-order valence-electron chi connectivity index (χ2n) is 3.98. The third-order valence-corrected chi connectivity index (χ3v) is 2.81. The number of rotatable bonds is 4. The van der Waals surface area contributed by atoms with Gasteiger partial charge in [-0.1, -0.05) is 0 Å². The normalized spacial score (nSPS) is 24.2. The predicted molar refractivity (Wildman–Crippen MR) is 58.2 cm³/mol. The zero-order valence-corrected chi connectivity index (χ0v) is 9.73. The minimum absolute atomic E-state index is 0.234. The van der Waals surface area contributed by atoms with E-state index >= 15 is 0 Å². The van der Waals surface area contributed by atoms with Gasteiger partial charge in [0.05, 0.1) is 19.4 Å². The molecule has 1 fully saturated rings. The van der Waals surface area contributed by atoms with Crippen LogP contribution in [0.25, 0.3) is 0 Å². The summed E-state index contributed by atoms with van der Waals surface area (Å²) < 4.78 is 10.1. The van der Waals surface area contributed by atoms with Gasteiger partial charge in [-0.25, -0.2) is 4.79 Å². The number of carbonyl (C=O) groups excluding carboxylic acids is 2. The van der Waals surface area contributed by atoms with Crippen molar-refractivity contribution < 1.29 is 18.7 Å². The van der Waals surface area contributed by atoms with Gasteiger partial charge in [0.2, 0.25) is 0 Å². The maximum atomic E-state index is 12.2. The number of urea groups is 1. The molecule has 0 radical (unpaired) electrons. The molecule has 3 amide bonds. The molecular formula is C11H14N2O4.